The van der Waals surface area contributed by atoms with Crippen molar-refractivity contribution in [3.63, 3.8) is 0 Å². The van der Waals surface area contributed by atoms with Gasteiger partial charge in [-0.25, -0.2) is 4.98 Å². The minimum absolute atomic E-state index is 0.0230. The van der Waals surface area contributed by atoms with Gasteiger partial charge in [0.1, 0.15) is 10.8 Å². The van der Waals surface area contributed by atoms with Gasteiger partial charge in [-0.15, -0.1) is 0 Å². The van der Waals surface area contributed by atoms with Crippen molar-refractivity contribution in [1.82, 2.24) is 9.97 Å². The molecule has 1 rings (SSSR count). The number of hydrogen-bond donors (Lipinski definition) is 1. The second kappa shape index (κ2) is 5.63. The van der Waals surface area contributed by atoms with E-state index in [1.807, 2.05) is 6.92 Å². The maximum atomic E-state index is 11.1. The fraction of sp³-hybridized carbons (Fsp3) is 0.500. The van der Waals surface area contributed by atoms with Crippen LogP contribution in [-0.2, 0) is 10.8 Å². The fourth-order valence-corrected chi connectivity index (χ4v) is 1.44. The third kappa shape index (κ3) is 3.93. The molecule has 1 aromatic rings. The Morgan fingerprint density at radius 1 is 1.60 bits per heavy atom. The Morgan fingerprint density at radius 2 is 2.27 bits per heavy atom. The first kappa shape index (κ1) is 12.7. The molecule has 0 radical (unpaired) electrons. The Balaban J connectivity index is 2.65. The van der Waals surface area contributed by atoms with Crippen LogP contribution in [0.25, 0.3) is 0 Å². The van der Waals surface area contributed by atoms with E-state index in [9.17, 15) is 4.21 Å². The van der Waals surface area contributed by atoms with Gasteiger partial charge in [0.25, 0.3) is 0 Å². The van der Waals surface area contributed by atoms with Gasteiger partial charge >= 0.3 is 0 Å². The monoisotopic (exact) mass is 267 g/mol. The van der Waals surface area contributed by atoms with Crippen molar-refractivity contribution in [2.75, 3.05) is 18.1 Å². The summed E-state index contributed by atoms with van der Waals surface area (Å²) < 4.78 is 11.1. The molecule has 0 aromatic carbocycles. The second-order valence-electron chi connectivity index (χ2n) is 3.03. The molecular formula is C8H11Cl2N3OS. The van der Waals surface area contributed by atoms with E-state index >= 15 is 0 Å². The third-order valence-corrected chi connectivity index (χ3v) is 3.60. The van der Waals surface area contributed by atoms with Crippen LogP contribution in [-0.4, -0.2) is 32.2 Å². The predicted octanol–water partition coefficient (Wildman–Crippen LogP) is 1.96. The van der Waals surface area contributed by atoms with Crippen molar-refractivity contribution in [1.29, 1.82) is 0 Å². The van der Waals surface area contributed by atoms with Crippen LogP contribution in [0.5, 0.6) is 0 Å². The summed E-state index contributed by atoms with van der Waals surface area (Å²) in [6, 6.07) is 0. The van der Waals surface area contributed by atoms with Crippen LogP contribution in [0.4, 0.5) is 5.82 Å². The van der Waals surface area contributed by atoms with Crippen molar-refractivity contribution >= 4 is 39.8 Å². The molecule has 2 unspecified atom stereocenters. The number of aromatic nitrogens is 2. The summed E-state index contributed by atoms with van der Waals surface area (Å²) in [6.45, 7) is 2.40. The highest BCUT2D eigenvalue weighted by atomic mass is 35.5. The molecule has 0 aliphatic rings. The molecule has 1 aromatic heterocycles. The number of halogens is 2. The Labute approximate surface area is 101 Å². The van der Waals surface area contributed by atoms with E-state index in [0.29, 0.717) is 17.4 Å². The molecule has 84 valence electrons. The normalized spacial score (nSPS) is 14.7. The summed E-state index contributed by atoms with van der Waals surface area (Å²) >= 11 is 11.5. The molecule has 15 heavy (non-hydrogen) atoms. The van der Waals surface area contributed by atoms with E-state index in [1.165, 1.54) is 6.20 Å². The SMILES string of the molecule is CC(CNc1nc(Cl)ncc1Cl)S(C)=O. The molecule has 4 nitrogen and oxygen atoms in total. The largest absolute Gasteiger partial charge is 0.367 e. The smallest absolute Gasteiger partial charge is 0.224 e. The van der Waals surface area contributed by atoms with E-state index in [-0.39, 0.29) is 10.5 Å². The maximum absolute atomic E-state index is 11.1. The zero-order valence-electron chi connectivity index (χ0n) is 8.33. The molecule has 0 saturated carbocycles. The van der Waals surface area contributed by atoms with E-state index in [4.69, 9.17) is 23.2 Å². The Morgan fingerprint density at radius 3 is 2.87 bits per heavy atom. The summed E-state index contributed by atoms with van der Waals surface area (Å²) in [5.74, 6) is 0.467. The van der Waals surface area contributed by atoms with Crippen molar-refractivity contribution in [3.05, 3.63) is 16.5 Å². The van der Waals surface area contributed by atoms with Crippen LogP contribution in [0.2, 0.25) is 10.3 Å². The van der Waals surface area contributed by atoms with Crippen LogP contribution in [0.15, 0.2) is 6.20 Å². The lowest BCUT2D eigenvalue weighted by Crippen LogP contribution is -2.21. The topological polar surface area (TPSA) is 54.9 Å². The first-order valence-electron chi connectivity index (χ1n) is 4.25. The van der Waals surface area contributed by atoms with E-state index in [0.717, 1.165) is 0 Å². The molecule has 0 amide bonds. The molecule has 7 heteroatoms. The maximum Gasteiger partial charge on any atom is 0.224 e. The number of anilines is 1. The number of nitrogens with one attached hydrogen (secondary N) is 1. The first-order chi connectivity index (χ1) is 7.00. The van der Waals surface area contributed by atoms with Crippen molar-refractivity contribution in [2.24, 2.45) is 0 Å². The third-order valence-electron chi connectivity index (χ3n) is 1.84. The predicted molar refractivity (Wildman–Crippen MR) is 64.1 cm³/mol. The minimum atomic E-state index is -0.878. The molecular weight excluding hydrogens is 257 g/mol. The summed E-state index contributed by atoms with van der Waals surface area (Å²) in [5.41, 5.74) is 0. The fourth-order valence-electron chi connectivity index (χ4n) is 0.827. The van der Waals surface area contributed by atoms with Crippen molar-refractivity contribution in [2.45, 2.75) is 12.2 Å². The summed E-state index contributed by atoms with van der Waals surface area (Å²) in [6.07, 6.45) is 3.08. The van der Waals surface area contributed by atoms with Crippen LogP contribution in [0.1, 0.15) is 6.92 Å². The van der Waals surface area contributed by atoms with Crippen molar-refractivity contribution < 1.29 is 4.21 Å². The zero-order valence-corrected chi connectivity index (χ0v) is 10.7. The van der Waals surface area contributed by atoms with Gasteiger partial charge in [0.15, 0.2) is 0 Å². The van der Waals surface area contributed by atoms with Gasteiger partial charge in [0, 0.05) is 28.9 Å². The molecule has 0 fully saturated rings. The van der Waals surface area contributed by atoms with Gasteiger partial charge in [-0.05, 0) is 18.5 Å². The summed E-state index contributed by atoms with van der Waals surface area (Å²) in [4.78, 5) is 7.64. The first-order valence-corrected chi connectivity index (χ1v) is 6.62. The van der Waals surface area contributed by atoms with Crippen LogP contribution >= 0.6 is 23.2 Å². The molecule has 1 heterocycles. The van der Waals surface area contributed by atoms with Gasteiger partial charge in [-0.2, -0.15) is 4.98 Å². The van der Waals surface area contributed by atoms with Gasteiger partial charge in [-0.1, -0.05) is 11.6 Å². The van der Waals surface area contributed by atoms with E-state index < -0.39 is 10.8 Å². The Bertz CT molecular complexity index is 375. The lowest BCUT2D eigenvalue weighted by atomic mass is 10.4. The Kier molecular flexibility index (Phi) is 4.76. The summed E-state index contributed by atoms with van der Waals surface area (Å²) in [5, 5.41) is 3.53. The highest BCUT2D eigenvalue weighted by molar-refractivity contribution is 7.84. The average Bonchev–Trinajstić information content (AvgIpc) is 2.18. The summed E-state index contributed by atoms with van der Waals surface area (Å²) in [7, 11) is -0.878. The standard InChI is InChI=1S/C8H11Cl2N3OS/c1-5(15(2)14)3-11-7-6(9)4-12-8(10)13-7/h4-5H,3H2,1-2H3,(H,11,12,13). The van der Waals surface area contributed by atoms with Crippen LogP contribution < -0.4 is 5.32 Å². The van der Waals surface area contributed by atoms with Crippen LogP contribution in [0.3, 0.4) is 0 Å². The van der Waals surface area contributed by atoms with Crippen LogP contribution in [0, 0.1) is 0 Å². The number of hydrogen-bond acceptors (Lipinski definition) is 4. The van der Waals surface area contributed by atoms with Gasteiger partial charge in [-0.3, -0.25) is 4.21 Å². The van der Waals surface area contributed by atoms with Gasteiger partial charge < -0.3 is 5.32 Å². The van der Waals surface area contributed by atoms with E-state index in [2.05, 4.69) is 15.3 Å². The molecule has 2 atom stereocenters. The van der Waals surface area contributed by atoms with Gasteiger partial charge in [0.2, 0.25) is 5.28 Å². The number of nitrogens with zero attached hydrogens (tertiary/aromatic N) is 2. The highest BCUT2D eigenvalue weighted by Crippen LogP contribution is 2.19. The van der Waals surface area contributed by atoms with E-state index in [1.54, 1.807) is 6.26 Å². The van der Waals surface area contributed by atoms with Crippen molar-refractivity contribution in [3.8, 4) is 0 Å². The Hall–Kier alpha value is -0.390. The number of rotatable bonds is 4. The molecule has 0 aliphatic heterocycles. The molecule has 0 aliphatic carbocycles. The van der Waals surface area contributed by atoms with Gasteiger partial charge in [0.05, 0.1) is 6.20 Å². The lowest BCUT2D eigenvalue weighted by Gasteiger charge is -2.11. The lowest BCUT2D eigenvalue weighted by molar-refractivity contribution is 0.679. The average molecular weight is 268 g/mol. The zero-order chi connectivity index (χ0) is 11.4. The molecule has 1 N–H and O–H groups in total. The molecule has 0 spiro atoms. The second-order valence-corrected chi connectivity index (χ2v) is 5.57. The minimum Gasteiger partial charge on any atom is -0.367 e. The molecule has 0 bridgehead atoms. The molecule has 0 saturated heterocycles. The highest BCUT2D eigenvalue weighted by Gasteiger charge is 2.08. The quantitative estimate of drug-likeness (QED) is 0.848.